The van der Waals surface area contributed by atoms with E-state index in [1.165, 1.54) is 0 Å². The van der Waals surface area contributed by atoms with Crippen LogP contribution in [0.5, 0.6) is 0 Å². The van der Waals surface area contributed by atoms with Gasteiger partial charge in [0.25, 0.3) is 0 Å². The minimum Gasteiger partial charge on any atom is -0.338 e. The molecule has 0 fully saturated rings. The van der Waals surface area contributed by atoms with Crippen LogP contribution in [-0.2, 0) is 11.3 Å². The molecule has 0 saturated carbocycles. The zero-order valence-corrected chi connectivity index (χ0v) is 15.3. The molecule has 0 aliphatic carbocycles. The Bertz CT molecular complexity index is 1190. The Balaban J connectivity index is 1.57. The summed E-state index contributed by atoms with van der Waals surface area (Å²) in [6, 6.07) is 10.2. The van der Waals surface area contributed by atoms with Gasteiger partial charge in [-0.15, -0.1) is 0 Å². The van der Waals surface area contributed by atoms with Crippen LogP contribution >= 0.6 is 0 Å². The molecule has 0 atom stereocenters. The summed E-state index contributed by atoms with van der Waals surface area (Å²) in [7, 11) is 0. The fourth-order valence-electron chi connectivity index (χ4n) is 3.07. The van der Waals surface area contributed by atoms with E-state index >= 15 is 0 Å². The van der Waals surface area contributed by atoms with E-state index in [0.29, 0.717) is 16.7 Å². The highest BCUT2D eigenvalue weighted by molar-refractivity contribution is 5.93. The number of aromatic nitrogens is 4. The van der Waals surface area contributed by atoms with E-state index in [4.69, 9.17) is 0 Å². The van der Waals surface area contributed by atoms with E-state index in [2.05, 4.69) is 20.4 Å². The first-order valence-electron chi connectivity index (χ1n) is 8.65. The number of imidazole rings is 1. The molecule has 4 aromatic rings. The normalized spacial score (nSPS) is 11.1. The number of nitrogens with zero attached hydrogens (tertiary/aromatic N) is 3. The van der Waals surface area contributed by atoms with Gasteiger partial charge in [-0.3, -0.25) is 9.48 Å². The van der Waals surface area contributed by atoms with E-state index in [0.717, 1.165) is 29.6 Å². The fourth-order valence-corrected chi connectivity index (χ4v) is 3.07. The average molecular weight is 381 g/mol. The van der Waals surface area contributed by atoms with Crippen molar-refractivity contribution in [1.29, 1.82) is 0 Å². The summed E-state index contributed by atoms with van der Waals surface area (Å²) in [6.45, 7) is 3.85. The van der Waals surface area contributed by atoms with Crippen molar-refractivity contribution in [3.8, 4) is 11.4 Å². The number of hydrogen-bond donors (Lipinski definition) is 2. The molecule has 6 nitrogen and oxygen atoms in total. The molecule has 4 rings (SSSR count). The number of fused-ring (bicyclic) bond motifs is 1. The standard InChI is InChI=1S/C20H17F2N5O/c1-11-7-12(2)27(26-11)10-19(28)23-14-4-6-17-18(9-14)25-20(24-17)15-8-13(21)3-5-16(15)22/h3-9H,10H2,1-2H3,(H,23,28)(H,24,25). The van der Waals surface area contributed by atoms with Gasteiger partial charge in [0, 0.05) is 11.4 Å². The highest BCUT2D eigenvalue weighted by Gasteiger charge is 2.13. The van der Waals surface area contributed by atoms with E-state index in [-0.39, 0.29) is 23.8 Å². The summed E-state index contributed by atoms with van der Waals surface area (Å²) in [5.74, 6) is -1.12. The van der Waals surface area contributed by atoms with Crippen LogP contribution in [0.4, 0.5) is 14.5 Å². The number of carbonyl (C=O) groups is 1. The van der Waals surface area contributed by atoms with Gasteiger partial charge in [-0.05, 0) is 56.3 Å². The molecule has 0 spiro atoms. The molecule has 0 radical (unpaired) electrons. The van der Waals surface area contributed by atoms with Gasteiger partial charge < -0.3 is 10.3 Å². The molecule has 2 heterocycles. The Hall–Kier alpha value is -3.55. The lowest BCUT2D eigenvalue weighted by Crippen LogP contribution is -2.20. The number of benzene rings is 2. The van der Waals surface area contributed by atoms with Crippen molar-refractivity contribution in [1.82, 2.24) is 19.7 Å². The molecular weight excluding hydrogens is 364 g/mol. The smallest absolute Gasteiger partial charge is 0.246 e. The molecule has 0 aliphatic rings. The quantitative estimate of drug-likeness (QED) is 0.562. The first-order valence-corrected chi connectivity index (χ1v) is 8.65. The molecule has 2 aromatic carbocycles. The Morgan fingerprint density at radius 3 is 2.71 bits per heavy atom. The molecule has 1 amide bonds. The Morgan fingerprint density at radius 1 is 1.14 bits per heavy atom. The van der Waals surface area contributed by atoms with Crippen LogP contribution in [-0.4, -0.2) is 25.7 Å². The Morgan fingerprint density at radius 2 is 1.96 bits per heavy atom. The number of aromatic amines is 1. The lowest BCUT2D eigenvalue weighted by Gasteiger charge is -2.06. The van der Waals surface area contributed by atoms with Crippen molar-refractivity contribution in [3.05, 3.63) is 65.5 Å². The Kier molecular flexibility index (Phi) is 4.38. The van der Waals surface area contributed by atoms with Gasteiger partial charge in [0.15, 0.2) is 0 Å². The van der Waals surface area contributed by atoms with Crippen molar-refractivity contribution in [2.24, 2.45) is 0 Å². The summed E-state index contributed by atoms with van der Waals surface area (Å²) in [5, 5.41) is 7.07. The summed E-state index contributed by atoms with van der Waals surface area (Å²) >= 11 is 0. The van der Waals surface area contributed by atoms with Crippen molar-refractivity contribution in [2.45, 2.75) is 20.4 Å². The molecule has 8 heteroatoms. The molecule has 0 bridgehead atoms. The molecule has 0 unspecified atom stereocenters. The first kappa shape index (κ1) is 17.8. The number of hydrogen-bond acceptors (Lipinski definition) is 3. The second-order valence-corrected chi connectivity index (χ2v) is 6.57. The summed E-state index contributed by atoms with van der Waals surface area (Å²) in [5.41, 5.74) is 3.54. The maximum atomic E-state index is 14.0. The molecule has 142 valence electrons. The van der Waals surface area contributed by atoms with E-state index < -0.39 is 11.6 Å². The summed E-state index contributed by atoms with van der Waals surface area (Å²) in [4.78, 5) is 19.6. The van der Waals surface area contributed by atoms with Gasteiger partial charge in [-0.1, -0.05) is 0 Å². The third-order valence-corrected chi connectivity index (χ3v) is 4.35. The number of H-pyrrole nitrogens is 1. The zero-order chi connectivity index (χ0) is 19.8. The van der Waals surface area contributed by atoms with Crippen molar-refractivity contribution >= 4 is 22.6 Å². The largest absolute Gasteiger partial charge is 0.338 e. The van der Waals surface area contributed by atoms with Crippen LogP contribution in [0.3, 0.4) is 0 Å². The maximum absolute atomic E-state index is 14.0. The second kappa shape index (κ2) is 6.88. The van der Waals surface area contributed by atoms with Crippen LogP contribution in [0, 0.1) is 25.5 Å². The molecule has 0 aliphatic heterocycles. The van der Waals surface area contributed by atoms with Crippen molar-refractivity contribution in [2.75, 3.05) is 5.32 Å². The molecule has 2 N–H and O–H groups in total. The van der Waals surface area contributed by atoms with Gasteiger partial charge in [-0.25, -0.2) is 13.8 Å². The van der Waals surface area contributed by atoms with Crippen LogP contribution in [0.25, 0.3) is 22.4 Å². The third-order valence-electron chi connectivity index (χ3n) is 4.35. The van der Waals surface area contributed by atoms with Gasteiger partial charge >= 0.3 is 0 Å². The molecular formula is C20H17F2N5O. The number of anilines is 1. The van der Waals surface area contributed by atoms with Crippen LogP contribution in [0.1, 0.15) is 11.4 Å². The van der Waals surface area contributed by atoms with E-state index in [1.807, 2.05) is 19.9 Å². The number of carbonyl (C=O) groups excluding carboxylic acids is 1. The Labute approximate surface area is 159 Å². The number of nitrogens with one attached hydrogen (secondary N) is 2. The monoisotopic (exact) mass is 381 g/mol. The van der Waals surface area contributed by atoms with Gasteiger partial charge in [-0.2, -0.15) is 5.10 Å². The fraction of sp³-hybridized carbons (Fsp3) is 0.150. The second-order valence-electron chi connectivity index (χ2n) is 6.57. The summed E-state index contributed by atoms with van der Waals surface area (Å²) in [6.07, 6.45) is 0. The molecule has 28 heavy (non-hydrogen) atoms. The van der Waals surface area contributed by atoms with Crippen LogP contribution in [0.15, 0.2) is 42.5 Å². The molecule has 0 saturated heterocycles. The predicted molar refractivity (Wildman–Crippen MR) is 102 cm³/mol. The summed E-state index contributed by atoms with van der Waals surface area (Å²) < 4.78 is 29.1. The highest BCUT2D eigenvalue weighted by Crippen LogP contribution is 2.25. The van der Waals surface area contributed by atoms with Gasteiger partial charge in [0.2, 0.25) is 5.91 Å². The van der Waals surface area contributed by atoms with Gasteiger partial charge in [0.05, 0.1) is 22.3 Å². The lowest BCUT2D eigenvalue weighted by molar-refractivity contribution is -0.116. The SMILES string of the molecule is Cc1cc(C)n(CC(=O)Nc2ccc3nc(-c4cc(F)ccc4F)[nH]c3c2)n1. The molecule has 2 aromatic heterocycles. The van der Waals surface area contributed by atoms with Crippen molar-refractivity contribution in [3.63, 3.8) is 0 Å². The lowest BCUT2D eigenvalue weighted by atomic mass is 10.2. The highest BCUT2D eigenvalue weighted by atomic mass is 19.1. The van der Waals surface area contributed by atoms with E-state index in [1.54, 1.807) is 22.9 Å². The van der Waals surface area contributed by atoms with Crippen LogP contribution < -0.4 is 5.32 Å². The third kappa shape index (κ3) is 3.48. The van der Waals surface area contributed by atoms with Crippen molar-refractivity contribution < 1.29 is 13.6 Å². The maximum Gasteiger partial charge on any atom is 0.246 e. The zero-order valence-electron chi connectivity index (χ0n) is 15.3. The average Bonchev–Trinajstić information content (AvgIpc) is 3.19. The first-order chi connectivity index (χ1) is 13.4. The number of amides is 1. The predicted octanol–water partition coefficient (Wildman–Crippen LogP) is 3.96. The van der Waals surface area contributed by atoms with E-state index in [9.17, 15) is 13.6 Å². The minimum atomic E-state index is -0.570. The minimum absolute atomic E-state index is 0.0475. The number of rotatable bonds is 4. The van der Waals surface area contributed by atoms with Gasteiger partial charge in [0.1, 0.15) is 24.0 Å². The topological polar surface area (TPSA) is 75.6 Å². The number of halogens is 2. The number of aryl methyl sites for hydroxylation is 2. The van der Waals surface area contributed by atoms with Crippen LogP contribution in [0.2, 0.25) is 0 Å².